The highest BCUT2D eigenvalue weighted by Gasteiger charge is 2.08. The second-order valence-electron chi connectivity index (χ2n) is 6.10. The number of methoxy groups -OCH3 is 1. The lowest BCUT2D eigenvalue weighted by Crippen LogP contribution is -2.16. The van der Waals surface area contributed by atoms with Crippen LogP contribution in [0.1, 0.15) is 16.1 Å². The van der Waals surface area contributed by atoms with Crippen LogP contribution >= 0.6 is 0 Å². The van der Waals surface area contributed by atoms with Gasteiger partial charge in [-0.1, -0.05) is 0 Å². The summed E-state index contributed by atoms with van der Waals surface area (Å²) in [7, 11) is 1.57. The number of carbonyl (C=O) groups is 1. The summed E-state index contributed by atoms with van der Waals surface area (Å²) in [6, 6.07) is 15.1. The van der Waals surface area contributed by atoms with Crippen LogP contribution in [-0.2, 0) is 6.61 Å². The number of aromatic nitrogens is 4. The van der Waals surface area contributed by atoms with Gasteiger partial charge in [0.15, 0.2) is 0 Å². The first kappa shape index (κ1) is 18.2. The van der Waals surface area contributed by atoms with E-state index < -0.39 is 0 Å². The van der Waals surface area contributed by atoms with Crippen LogP contribution in [-0.4, -0.2) is 32.6 Å². The lowest BCUT2D eigenvalue weighted by atomic mass is 10.2. The van der Waals surface area contributed by atoms with E-state index in [0.29, 0.717) is 28.4 Å². The van der Waals surface area contributed by atoms with Crippen molar-refractivity contribution in [3.8, 4) is 11.5 Å². The summed E-state index contributed by atoms with van der Waals surface area (Å²) < 4.78 is 12.0. The first-order valence-electron chi connectivity index (χ1n) is 8.73. The highest BCUT2D eigenvalue weighted by molar-refractivity contribution is 6.04. The van der Waals surface area contributed by atoms with Crippen molar-refractivity contribution >= 4 is 17.4 Å². The van der Waals surface area contributed by atoms with Gasteiger partial charge in [0.1, 0.15) is 24.4 Å². The van der Waals surface area contributed by atoms with Crippen molar-refractivity contribution in [2.45, 2.75) is 6.61 Å². The Hall–Kier alpha value is -4.14. The quantitative estimate of drug-likeness (QED) is 0.522. The summed E-state index contributed by atoms with van der Waals surface area (Å²) >= 11 is 0. The maximum Gasteiger partial charge on any atom is 0.274 e. The van der Waals surface area contributed by atoms with E-state index in [2.05, 4.69) is 20.4 Å². The molecule has 1 amide bonds. The third kappa shape index (κ3) is 4.08. The minimum Gasteiger partial charge on any atom is -0.497 e. The van der Waals surface area contributed by atoms with Crippen molar-refractivity contribution in [2.24, 2.45) is 0 Å². The third-order valence-corrected chi connectivity index (χ3v) is 4.17. The van der Waals surface area contributed by atoms with Gasteiger partial charge in [0.05, 0.1) is 12.8 Å². The average Bonchev–Trinajstić information content (AvgIpc) is 3.22. The van der Waals surface area contributed by atoms with E-state index in [9.17, 15) is 9.59 Å². The van der Waals surface area contributed by atoms with Crippen LogP contribution in [0.15, 0.2) is 65.7 Å². The van der Waals surface area contributed by atoms with Crippen LogP contribution in [0.3, 0.4) is 0 Å². The first-order valence-corrected chi connectivity index (χ1v) is 8.73. The van der Waals surface area contributed by atoms with Gasteiger partial charge < -0.3 is 14.8 Å². The Balaban J connectivity index is 1.38. The van der Waals surface area contributed by atoms with Gasteiger partial charge in [0.2, 0.25) is 0 Å². The van der Waals surface area contributed by atoms with Crippen LogP contribution in [0.25, 0.3) is 5.78 Å². The Labute approximate surface area is 164 Å². The highest BCUT2D eigenvalue weighted by atomic mass is 16.5. The molecule has 0 radical (unpaired) electrons. The van der Waals surface area contributed by atoms with E-state index in [1.807, 2.05) is 0 Å². The topological polar surface area (TPSA) is 111 Å². The molecule has 9 heteroatoms. The predicted octanol–water partition coefficient (Wildman–Crippen LogP) is 2.26. The van der Waals surface area contributed by atoms with E-state index in [1.54, 1.807) is 55.6 Å². The molecule has 2 aromatic heterocycles. The fourth-order valence-electron chi connectivity index (χ4n) is 2.68. The molecule has 0 aliphatic carbocycles. The molecule has 0 atom stereocenters. The second-order valence-corrected chi connectivity index (χ2v) is 6.10. The Bertz CT molecular complexity index is 1200. The van der Waals surface area contributed by atoms with Gasteiger partial charge in [-0.05, 0) is 48.5 Å². The smallest absolute Gasteiger partial charge is 0.274 e. The molecule has 9 nitrogen and oxygen atoms in total. The summed E-state index contributed by atoms with van der Waals surface area (Å²) in [5.41, 5.74) is 1.37. The van der Waals surface area contributed by atoms with Gasteiger partial charge >= 0.3 is 0 Å². The molecule has 0 aliphatic rings. The highest BCUT2D eigenvalue weighted by Crippen LogP contribution is 2.18. The number of hydrogen-bond acceptors (Lipinski definition) is 6. The molecule has 2 heterocycles. The number of H-pyrrole nitrogens is 1. The molecule has 2 N–H and O–H groups in total. The monoisotopic (exact) mass is 391 g/mol. The standard InChI is InChI=1S/C20H17N5O4/c1-28-16-6-2-13(3-7-16)19(27)23-14-4-8-17(9-5-14)29-11-15-10-18(26)25-20(24-15)21-12-22-25/h2-10,12H,11H2,1H3,(H,23,27)(H,21,22,24). The fraction of sp³-hybridized carbons (Fsp3) is 0.100. The zero-order chi connectivity index (χ0) is 20.2. The lowest BCUT2D eigenvalue weighted by Gasteiger charge is -2.08. The van der Waals surface area contributed by atoms with Crippen molar-refractivity contribution in [1.29, 1.82) is 0 Å². The summed E-state index contributed by atoms with van der Waals surface area (Å²) in [4.78, 5) is 32.4. The van der Waals surface area contributed by atoms with Crippen LogP contribution in [0, 0.1) is 0 Å². The van der Waals surface area contributed by atoms with Crippen molar-refractivity contribution in [2.75, 3.05) is 12.4 Å². The van der Waals surface area contributed by atoms with E-state index in [4.69, 9.17) is 9.47 Å². The number of ether oxygens (including phenoxy) is 2. The SMILES string of the molecule is COc1ccc(C(=O)Nc2ccc(OCc3cc(=O)n4[nH]cnc4n3)cc2)cc1. The number of nitrogens with one attached hydrogen (secondary N) is 2. The van der Waals surface area contributed by atoms with Gasteiger partial charge in [-0.25, -0.2) is 9.97 Å². The zero-order valence-electron chi connectivity index (χ0n) is 15.5. The summed E-state index contributed by atoms with van der Waals surface area (Å²) in [6.07, 6.45) is 1.40. The van der Waals surface area contributed by atoms with Gasteiger partial charge in [-0.15, -0.1) is 0 Å². The molecule has 0 fully saturated rings. The zero-order valence-corrected chi connectivity index (χ0v) is 15.5. The summed E-state index contributed by atoms with van der Waals surface area (Å²) in [6.45, 7) is 0.121. The van der Waals surface area contributed by atoms with Crippen LogP contribution in [0.2, 0.25) is 0 Å². The molecule has 0 saturated heterocycles. The van der Waals surface area contributed by atoms with Gasteiger partial charge in [-0.2, -0.15) is 4.52 Å². The van der Waals surface area contributed by atoms with Crippen molar-refractivity contribution < 1.29 is 14.3 Å². The van der Waals surface area contributed by atoms with E-state index in [-0.39, 0.29) is 23.9 Å². The van der Waals surface area contributed by atoms with E-state index in [1.165, 1.54) is 16.9 Å². The van der Waals surface area contributed by atoms with Crippen LogP contribution < -0.4 is 20.3 Å². The van der Waals surface area contributed by atoms with Gasteiger partial charge in [-0.3, -0.25) is 14.7 Å². The number of nitrogens with zero attached hydrogens (tertiary/aromatic N) is 3. The Morgan fingerprint density at radius 3 is 2.55 bits per heavy atom. The lowest BCUT2D eigenvalue weighted by molar-refractivity contribution is 0.102. The second kappa shape index (κ2) is 7.85. The summed E-state index contributed by atoms with van der Waals surface area (Å²) in [5.74, 6) is 1.33. The molecule has 29 heavy (non-hydrogen) atoms. The number of hydrogen-bond donors (Lipinski definition) is 2. The number of amides is 1. The van der Waals surface area contributed by atoms with Crippen LogP contribution in [0.5, 0.6) is 11.5 Å². The van der Waals surface area contributed by atoms with Crippen LogP contribution in [0.4, 0.5) is 5.69 Å². The minimum atomic E-state index is -0.261. The maximum absolute atomic E-state index is 12.3. The Morgan fingerprint density at radius 2 is 1.83 bits per heavy atom. The van der Waals surface area contributed by atoms with E-state index in [0.717, 1.165) is 0 Å². The van der Waals surface area contributed by atoms with E-state index >= 15 is 0 Å². The number of carbonyl (C=O) groups excluding carboxylic acids is 1. The molecule has 146 valence electrons. The number of fused-ring (bicyclic) bond motifs is 1. The first-order chi connectivity index (χ1) is 14.1. The Kier molecular flexibility index (Phi) is 4.93. The number of benzene rings is 2. The molecular weight excluding hydrogens is 374 g/mol. The average molecular weight is 391 g/mol. The molecule has 4 aromatic rings. The molecule has 4 rings (SSSR count). The molecule has 0 aliphatic heterocycles. The molecule has 0 saturated carbocycles. The Morgan fingerprint density at radius 1 is 1.10 bits per heavy atom. The fourth-order valence-corrected chi connectivity index (χ4v) is 2.68. The molecule has 2 aromatic carbocycles. The maximum atomic E-state index is 12.3. The minimum absolute atomic E-state index is 0.121. The van der Waals surface area contributed by atoms with Crippen molar-refractivity contribution in [3.63, 3.8) is 0 Å². The van der Waals surface area contributed by atoms with Gasteiger partial charge in [0.25, 0.3) is 17.2 Å². The third-order valence-electron chi connectivity index (χ3n) is 4.17. The molecule has 0 spiro atoms. The largest absolute Gasteiger partial charge is 0.497 e. The summed E-state index contributed by atoms with van der Waals surface area (Å²) in [5, 5.41) is 5.49. The molecular formula is C20H17N5O4. The number of aromatic amines is 1. The van der Waals surface area contributed by atoms with Crippen molar-refractivity contribution in [3.05, 3.63) is 82.5 Å². The number of rotatable bonds is 6. The van der Waals surface area contributed by atoms with Crippen molar-refractivity contribution in [1.82, 2.24) is 19.6 Å². The van der Waals surface area contributed by atoms with Gasteiger partial charge in [0, 0.05) is 17.3 Å². The normalized spacial score (nSPS) is 10.7. The molecule has 0 bridgehead atoms. The number of anilines is 1. The molecule has 0 unspecified atom stereocenters. The predicted molar refractivity (Wildman–Crippen MR) is 105 cm³/mol.